The Morgan fingerprint density at radius 3 is 1.75 bits per heavy atom. The van der Waals surface area contributed by atoms with Crippen molar-refractivity contribution in [2.75, 3.05) is 65.2 Å². The van der Waals surface area contributed by atoms with Crippen LogP contribution in [0, 0.1) is 0 Å². The summed E-state index contributed by atoms with van der Waals surface area (Å²) in [6.07, 6.45) is 0. The number of ether oxygens (including phenoxy) is 5. The summed E-state index contributed by atoms with van der Waals surface area (Å²) in [6.45, 7) is 5.47. The van der Waals surface area contributed by atoms with Crippen LogP contribution in [0.4, 0.5) is 5.69 Å². The topological polar surface area (TPSA) is 89.2 Å². The molecule has 1 rings (SSSR count). The minimum atomic E-state index is 0.0113. The molecule has 0 aromatic heterocycles. The minimum Gasteiger partial charge on any atom is -0.491 e. The second-order valence-electron chi connectivity index (χ2n) is 5.01. The fourth-order valence-electron chi connectivity index (χ4n) is 1.66. The van der Waals surface area contributed by atoms with Gasteiger partial charge >= 0.3 is 0 Å². The summed E-state index contributed by atoms with van der Waals surface area (Å²) in [5.41, 5.74) is 6.30. The summed E-state index contributed by atoms with van der Waals surface area (Å²) in [4.78, 5) is 10.6. The van der Waals surface area contributed by atoms with E-state index in [0.717, 1.165) is 5.75 Å². The van der Waals surface area contributed by atoms with E-state index in [9.17, 15) is 4.79 Å². The van der Waals surface area contributed by atoms with E-state index in [1.807, 2.05) is 12.1 Å². The van der Waals surface area contributed by atoms with Gasteiger partial charge in [-0.05, 0) is 31.2 Å². The smallest absolute Gasteiger partial charge is 0.155 e. The Balaban J connectivity index is 1.77. The molecule has 0 fully saturated rings. The molecule has 0 bridgehead atoms. The van der Waals surface area contributed by atoms with Gasteiger partial charge in [0.2, 0.25) is 0 Å². The van der Waals surface area contributed by atoms with Crippen LogP contribution in [0.15, 0.2) is 24.3 Å². The molecule has 0 heterocycles. The molecule has 0 aliphatic rings. The van der Waals surface area contributed by atoms with Gasteiger partial charge in [-0.3, -0.25) is 4.79 Å². The van der Waals surface area contributed by atoms with Crippen LogP contribution in [0.2, 0.25) is 0 Å². The zero-order valence-corrected chi connectivity index (χ0v) is 14.2. The van der Waals surface area contributed by atoms with Crippen LogP contribution in [0.3, 0.4) is 0 Å². The Morgan fingerprint density at radius 1 is 0.792 bits per heavy atom. The predicted molar refractivity (Wildman–Crippen MR) is 90.3 cm³/mol. The predicted octanol–water partition coefficient (Wildman–Crippen LogP) is 1.30. The molecule has 0 unspecified atom stereocenters. The second kappa shape index (κ2) is 13.7. The third-order valence-electron chi connectivity index (χ3n) is 2.80. The molecule has 0 aliphatic carbocycles. The van der Waals surface area contributed by atoms with Crippen LogP contribution in [0.25, 0.3) is 0 Å². The lowest BCUT2D eigenvalue weighted by atomic mass is 10.3. The summed E-state index contributed by atoms with van der Waals surface area (Å²) in [5, 5.41) is 0. The Kier molecular flexibility index (Phi) is 11.7. The average Bonchev–Trinajstić information content (AvgIpc) is 2.56. The van der Waals surface area contributed by atoms with E-state index in [2.05, 4.69) is 0 Å². The number of hydrogen-bond acceptors (Lipinski definition) is 7. The van der Waals surface area contributed by atoms with Crippen LogP contribution in [-0.4, -0.2) is 65.2 Å². The van der Waals surface area contributed by atoms with Crippen LogP contribution >= 0.6 is 0 Å². The molecule has 1 aromatic carbocycles. The lowest BCUT2D eigenvalue weighted by Crippen LogP contribution is -2.14. The third kappa shape index (κ3) is 11.8. The van der Waals surface area contributed by atoms with Crippen LogP contribution in [0.5, 0.6) is 5.75 Å². The first-order chi connectivity index (χ1) is 11.7. The minimum absolute atomic E-state index is 0.0113. The van der Waals surface area contributed by atoms with E-state index in [-0.39, 0.29) is 12.4 Å². The highest BCUT2D eigenvalue weighted by molar-refractivity contribution is 5.76. The van der Waals surface area contributed by atoms with Gasteiger partial charge in [0.15, 0.2) is 5.78 Å². The van der Waals surface area contributed by atoms with E-state index in [1.54, 1.807) is 12.1 Å². The Morgan fingerprint density at radius 2 is 1.25 bits per heavy atom. The molecule has 2 N–H and O–H groups in total. The molecule has 7 nitrogen and oxygen atoms in total. The van der Waals surface area contributed by atoms with Crippen molar-refractivity contribution in [3.05, 3.63) is 24.3 Å². The molecule has 24 heavy (non-hydrogen) atoms. The molecular weight excluding hydrogens is 314 g/mol. The maximum Gasteiger partial charge on any atom is 0.155 e. The van der Waals surface area contributed by atoms with Crippen molar-refractivity contribution in [3.8, 4) is 5.75 Å². The number of rotatable bonds is 15. The Labute approximate surface area is 143 Å². The van der Waals surface area contributed by atoms with E-state index in [1.165, 1.54) is 6.92 Å². The highest BCUT2D eigenvalue weighted by atomic mass is 16.6. The molecular formula is C17H27NO6. The fourth-order valence-corrected chi connectivity index (χ4v) is 1.66. The molecule has 0 spiro atoms. The van der Waals surface area contributed by atoms with Gasteiger partial charge in [-0.15, -0.1) is 0 Å². The van der Waals surface area contributed by atoms with Crippen molar-refractivity contribution in [3.63, 3.8) is 0 Å². The second-order valence-corrected chi connectivity index (χ2v) is 5.01. The van der Waals surface area contributed by atoms with Crippen molar-refractivity contribution < 1.29 is 28.5 Å². The molecule has 136 valence electrons. The van der Waals surface area contributed by atoms with Crippen LogP contribution < -0.4 is 10.5 Å². The van der Waals surface area contributed by atoms with Gasteiger partial charge in [-0.25, -0.2) is 0 Å². The maximum absolute atomic E-state index is 10.6. The number of ketones is 1. The number of carbonyl (C=O) groups is 1. The summed E-state index contributed by atoms with van der Waals surface area (Å²) in [5.74, 6) is 0.783. The maximum atomic E-state index is 10.6. The largest absolute Gasteiger partial charge is 0.491 e. The van der Waals surface area contributed by atoms with Crippen molar-refractivity contribution in [2.45, 2.75) is 6.92 Å². The number of benzene rings is 1. The van der Waals surface area contributed by atoms with Gasteiger partial charge < -0.3 is 29.4 Å². The van der Waals surface area contributed by atoms with Crippen LogP contribution in [-0.2, 0) is 23.7 Å². The number of carbonyl (C=O) groups excluding carboxylic acids is 1. The zero-order chi connectivity index (χ0) is 17.5. The highest BCUT2D eigenvalue weighted by Gasteiger charge is 1.96. The lowest BCUT2D eigenvalue weighted by Gasteiger charge is -2.08. The quantitative estimate of drug-likeness (QED) is 0.380. The monoisotopic (exact) mass is 341 g/mol. The molecule has 0 saturated carbocycles. The van der Waals surface area contributed by atoms with Crippen molar-refractivity contribution in [2.24, 2.45) is 0 Å². The summed E-state index contributed by atoms with van der Waals surface area (Å²) in [7, 11) is 0. The third-order valence-corrected chi connectivity index (χ3v) is 2.80. The highest BCUT2D eigenvalue weighted by Crippen LogP contribution is 2.12. The summed E-state index contributed by atoms with van der Waals surface area (Å²) < 4.78 is 26.6. The fraction of sp³-hybridized carbons (Fsp3) is 0.588. The lowest BCUT2D eigenvalue weighted by molar-refractivity contribution is -0.122. The number of hydrogen-bond donors (Lipinski definition) is 1. The van der Waals surface area contributed by atoms with Crippen molar-refractivity contribution >= 4 is 11.5 Å². The Hall–Kier alpha value is -1.67. The first-order valence-corrected chi connectivity index (χ1v) is 7.97. The average molecular weight is 341 g/mol. The molecule has 0 amide bonds. The molecule has 0 aliphatic heterocycles. The number of Topliss-reactive ketones (excluding diaryl/α,β-unsaturated/α-hetero) is 1. The van der Waals surface area contributed by atoms with Crippen LogP contribution in [0.1, 0.15) is 6.92 Å². The first-order valence-electron chi connectivity index (χ1n) is 7.97. The van der Waals surface area contributed by atoms with E-state index in [4.69, 9.17) is 29.4 Å². The Bertz CT molecular complexity index is 437. The number of nitrogen functional groups attached to an aromatic ring is 1. The van der Waals surface area contributed by atoms with Gasteiger partial charge in [-0.1, -0.05) is 0 Å². The standard InChI is InChI=1S/C17H27NO6/c1-15(19)14-23-11-10-21-7-6-20-8-9-22-12-13-24-17-4-2-16(18)3-5-17/h2-5H,6-14,18H2,1H3. The van der Waals surface area contributed by atoms with Crippen molar-refractivity contribution in [1.82, 2.24) is 0 Å². The summed E-state index contributed by atoms with van der Waals surface area (Å²) >= 11 is 0. The molecule has 1 aromatic rings. The van der Waals surface area contributed by atoms with E-state index < -0.39 is 0 Å². The molecule has 7 heteroatoms. The van der Waals surface area contributed by atoms with Gasteiger partial charge in [0.1, 0.15) is 19.0 Å². The number of anilines is 1. The van der Waals surface area contributed by atoms with Gasteiger partial charge in [-0.2, -0.15) is 0 Å². The summed E-state index contributed by atoms with van der Waals surface area (Å²) in [6, 6.07) is 7.23. The number of nitrogens with two attached hydrogens (primary N) is 1. The SMILES string of the molecule is CC(=O)COCCOCCOCCOCCOc1ccc(N)cc1. The molecule has 0 atom stereocenters. The molecule has 0 saturated heterocycles. The van der Waals surface area contributed by atoms with E-state index >= 15 is 0 Å². The molecule has 0 radical (unpaired) electrons. The van der Waals surface area contributed by atoms with Gasteiger partial charge in [0, 0.05) is 5.69 Å². The first kappa shape index (κ1) is 20.4. The van der Waals surface area contributed by atoms with Crippen molar-refractivity contribution in [1.29, 1.82) is 0 Å². The van der Waals surface area contributed by atoms with Gasteiger partial charge in [0.25, 0.3) is 0 Å². The van der Waals surface area contributed by atoms with Gasteiger partial charge in [0.05, 0.1) is 46.2 Å². The zero-order valence-electron chi connectivity index (χ0n) is 14.2. The normalized spacial score (nSPS) is 10.7. The van der Waals surface area contributed by atoms with E-state index in [0.29, 0.717) is 58.5 Å².